The SMILES string of the molecule is CCC(Nc1ccncn1)C(N)=O. The van der Waals surface area contributed by atoms with Crippen molar-refractivity contribution in [3.8, 4) is 0 Å². The van der Waals surface area contributed by atoms with Crippen LogP contribution in [0.5, 0.6) is 0 Å². The number of amides is 1. The lowest BCUT2D eigenvalue weighted by molar-refractivity contribution is -0.118. The van der Waals surface area contributed by atoms with Gasteiger partial charge in [-0.1, -0.05) is 6.92 Å². The third-order valence-electron chi connectivity index (χ3n) is 1.66. The van der Waals surface area contributed by atoms with Gasteiger partial charge in [0.05, 0.1) is 0 Å². The van der Waals surface area contributed by atoms with Crippen LogP contribution in [0.1, 0.15) is 13.3 Å². The first-order valence-corrected chi connectivity index (χ1v) is 4.06. The Balaban J connectivity index is 2.62. The molecule has 1 rings (SSSR count). The van der Waals surface area contributed by atoms with Gasteiger partial charge in [-0.15, -0.1) is 0 Å². The van der Waals surface area contributed by atoms with Crippen LogP contribution in [0.4, 0.5) is 5.82 Å². The van der Waals surface area contributed by atoms with Crippen LogP contribution in [-0.4, -0.2) is 21.9 Å². The summed E-state index contributed by atoms with van der Waals surface area (Å²) < 4.78 is 0. The summed E-state index contributed by atoms with van der Waals surface area (Å²) in [6, 6.07) is 1.32. The van der Waals surface area contributed by atoms with Crippen molar-refractivity contribution in [2.75, 3.05) is 5.32 Å². The molecule has 1 unspecified atom stereocenters. The van der Waals surface area contributed by atoms with Crippen LogP contribution in [0.15, 0.2) is 18.6 Å². The number of carbonyl (C=O) groups is 1. The zero-order valence-electron chi connectivity index (χ0n) is 7.40. The molecule has 0 aliphatic carbocycles. The molecule has 0 spiro atoms. The van der Waals surface area contributed by atoms with Gasteiger partial charge in [0.15, 0.2) is 0 Å². The van der Waals surface area contributed by atoms with Gasteiger partial charge in [0.2, 0.25) is 5.91 Å². The van der Waals surface area contributed by atoms with Crippen molar-refractivity contribution in [1.29, 1.82) is 0 Å². The molecule has 13 heavy (non-hydrogen) atoms. The van der Waals surface area contributed by atoms with Gasteiger partial charge in [-0.2, -0.15) is 0 Å². The highest BCUT2D eigenvalue weighted by Gasteiger charge is 2.11. The minimum Gasteiger partial charge on any atom is -0.368 e. The number of rotatable bonds is 4. The number of hydrogen-bond acceptors (Lipinski definition) is 4. The summed E-state index contributed by atoms with van der Waals surface area (Å²) in [6.45, 7) is 1.88. The van der Waals surface area contributed by atoms with E-state index in [0.29, 0.717) is 12.2 Å². The van der Waals surface area contributed by atoms with Crippen LogP contribution >= 0.6 is 0 Å². The maximum absolute atomic E-state index is 10.9. The monoisotopic (exact) mass is 180 g/mol. The van der Waals surface area contributed by atoms with E-state index in [1.807, 2.05) is 6.92 Å². The average Bonchev–Trinajstić information content (AvgIpc) is 2.15. The Kier molecular flexibility index (Phi) is 3.19. The normalized spacial score (nSPS) is 12.1. The smallest absolute Gasteiger partial charge is 0.239 e. The molecule has 0 bridgehead atoms. The molecule has 5 heteroatoms. The molecule has 1 heterocycles. The first-order chi connectivity index (χ1) is 6.24. The topological polar surface area (TPSA) is 80.9 Å². The molecule has 0 radical (unpaired) electrons. The highest BCUT2D eigenvalue weighted by atomic mass is 16.1. The molecule has 70 valence electrons. The number of primary amides is 1. The molecule has 3 N–H and O–H groups in total. The van der Waals surface area contributed by atoms with Gasteiger partial charge in [0.25, 0.3) is 0 Å². The van der Waals surface area contributed by atoms with Crippen molar-refractivity contribution in [2.24, 2.45) is 5.73 Å². The Bertz CT molecular complexity index is 275. The fourth-order valence-corrected chi connectivity index (χ4v) is 0.929. The summed E-state index contributed by atoms with van der Waals surface area (Å²) in [6.07, 6.45) is 3.65. The van der Waals surface area contributed by atoms with Gasteiger partial charge in [-0.3, -0.25) is 4.79 Å². The molecule has 1 aromatic rings. The fourth-order valence-electron chi connectivity index (χ4n) is 0.929. The molecule has 1 atom stereocenters. The van der Waals surface area contributed by atoms with Crippen molar-refractivity contribution in [3.63, 3.8) is 0 Å². The third-order valence-corrected chi connectivity index (χ3v) is 1.66. The van der Waals surface area contributed by atoms with Gasteiger partial charge in [-0.25, -0.2) is 9.97 Å². The fraction of sp³-hybridized carbons (Fsp3) is 0.375. The number of nitrogens with one attached hydrogen (secondary N) is 1. The lowest BCUT2D eigenvalue weighted by Gasteiger charge is -2.12. The number of anilines is 1. The maximum Gasteiger partial charge on any atom is 0.239 e. The van der Waals surface area contributed by atoms with Crippen molar-refractivity contribution in [2.45, 2.75) is 19.4 Å². The molecular formula is C8H12N4O. The predicted molar refractivity (Wildman–Crippen MR) is 48.9 cm³/mol. The van der Waals surface area contributed by atoms with E-state index in [1.54, 1.807) is 12.3 Å². The van der Waals surface area contributed by atoms with Gasteiger partial charge in [0, 0.05) is 6.20 Å². The lowest BCUT2D eigenvalue weighted by atomic mass is 10.2. The number of hydrogen-bond donors (Lipinski definition) is 2. The Morgan fingerprint density at radius 2 is 2.54 bits per heavy atom. The summed E-state index contributed by atoms with van der Waals surface area (Å²) >= 11 is 0. The average molecular weight is 180 g/mol. The number of carbonyl (C=O) groups excluding carboxylic acids is 1. The highest BCUT2D eigenvalue weighted by Crippen LogP contribution is 2.03. The van der Waals surface area contributed by atoms with E-state index in [9.17, 15) is 4.79 Å². The molecule has 0 aliphatic heterocycles. The molecule has 0 fully saturated rings. The number of nitrogens with two attached hydrogens (primary N) is 1. The Morgan fingerprint density at radius 1 is 1.77 bits per heavy atom. The van der Waals surface area contributed by atoms with Crippen molar-refractivity contribution >= 4 is 11.7 Å². The van der Waals surface area contributed by atoms with Crippen LogP contribution in [0, 0.1) is 0 Å². The van der Waals surface area contributed by atoms with Gasteiger partial charge < -0.3 is 11.1 Å². The minimum atomic E-state index is -0.374. The van der Waals surface area contributed by atoms with Crippen LogP contribution in [-0.2, 0) is 4.79 Å². The Hall–Kier alpha value is -1.65. The maximum atomic E-state index is 10.9. The predicted octanol–water partition coefficient (Wildman–Crippen LogP) is 0.152. The molecule has 0 aromatic carbocycles. The van der Waals surface area contributed by atoms with Crippen molar-refractivity contribution < 1.29 is 4.79 Å². The van der Waals surface area contributed by atoms with Crippen LogP contribution < -0.4 is 11.1 Å². The first-order valence-electron chi connectivity index (χ1n) is 4.06. The molecular weight excluding hydrogens is 168 g/mol. The van der Waals surface area contributed by atoms with Crippen LogP contribution in [0.25, 0.3) is 0 Å². The summed E-state index contributed by atoms with van der Waals surface area (Å²) in [5, 5.41) is 2.90. The number of aromatic nitrogens is 2. The van der Waals surface area contributed by atoms with E-state index in [2.05, 4.69) is 15.3 Å². The third kappa shape index (κ3) is 2.70. The van der Waals surface area contributed by atoms with Crippen molar-refractivity contribution in [1.82, 2.24) is 9.97 Å². The zero-order chi connectivity index (χ0) is 9.68. The largest absolute Gasteiger partial charge is 0.368 e. The summed E-state index contributed by atoms with van der Waals surface area (Å²) in [5.41, 5.74) is 5.15. The molecule has 1 aromatic heterocycles. The summed E-state index contributed by atoms with van der Waals surface area (Å²) in [7, 11) is 0. The number of nitrogens with zero attached hydrogens (tertiary/aromatic N) is 2. The van der Waals surface area contributed by atoms with E-state index < -0.39 is 0 Å². The van der Waals surface area contributed by atoms with Gasteiger partial charge in [-0.05, 0) is 12.5 Å². The van der Waals surface area contributed by atoms with E-state index in [0.717, 1.165) is 0 Å². The van der Waals surface area contributed by atoms with Crippen LogP contribution in [0.2, 0.25) is 0 Å². The van der Waals surface area contributed by atoms with Crippen LogP contribution in [0.3, 0.4) is 0 Å². The standard InChI is InChI=1S/C8H12N4O/c1-2-6(8(9)13)12-7-3-4-10-5-11-7/h3-6H,2H2,1H3,(H2,9,13)(H,10,11,12). The first kappa shape index (κ1) is 9.44. The molecule has 0 saturated heterocycles. The minimum absolute atomic E-state index is 0.366. The molecule has 5 nitrogen and oxygen atoms in total. The Labute approximate surface area is 76.4 Å². The second kappa shape index (κ2) is 4.39. The van der Waals surface area contributed by atoms with E-state index in [4.69, 9.17) is 5.73 Å². The lowest BCUT2D eigenvalue weighted by Crippen LogP contribution is -2.34. The van der Waals surface area contributed by atoms with E-state index in [1.165, 1.54) is 6.33 Å². The van der Waals surface area contributed by atoms with Crippen molar-refractivity contribution in [3.05, 3.63) is 18.6 Å². The second-order valence-corrected chi connectivity index (χ2v) is 2.60. The molecule has 0 saturated carbocycles. The van der Waals surface area contributed by atoms with Gasteiger partial charge >= 0.3 is 0 Å². The second-order valence-electron chi connectivity index (χ2n) is 2.60. The summed E-state index contributed by atoms with van der Waals surface area (Å²) in [5.74, 6) is 0.238. The van der Waals surface area contributed by atoms with Gasteiger partial charge in [0.1, 0.15) is 18.2 Å². The zero-order valence-corrected chi connectivity index (χ0v) is 7.40. The highest BCUT2D eigenvalue weighted by molar-refractivity contribution is 5.82. The van der Waals surface area contributed by atoms with E-state index in [-0.39, 0.29) is 11.9 Å². The Morgan fingerprint density at radius 3 is 3.00 bits per heavy atom. The summed E-state index contributed by atoms with van der Waals surface area (Å²) in [4.78, 5) is 18.5. The molecule has 1 amide bonds. The quantitative estimate of drug-likeness (QED) is 0.691. The molecule has 0 aliphatic rings. The van der Waals surface area contributed by atoms with E-state index >= 15 is 0 Å².